The molecule has 0 rings (SSSR count). The van der Waals surface area contributed by atoms with Crippen molar-refractivity contribution in [3.63, 3.8) is 0 Å². The standard InChI is InChI=1S/C48H84NO10P/c1-6-8-10-11-12-13-14-15-16-17-18-19-20-25-33-39-48(53)59-46(43-58-60(54,55)57-41-40-49(3,4)5)42-56-47(52)38-32-24-22-21-23-29-35-45(51)37-31-27-26-30-36-44(50)34-28-9-7-2/h9,22-24,26-31,36-37,44-46,50-51H,6-8,10-21,25,32-35,38-43H2,1-5H3/b24-22-,27-26-,28-9-,29-23-,36-30+,37-31+/t44-,45+,46-/m1/s1. The molecular formula is C48H84NO10P. The number of unbranched alkanes of at least 4 members (excludes halogenated alkanes) is 14. The minimum atomic E-state index is -4.67. The lowest BCUT2D eigenvalue weighted by Gasteiger charge is -2.28. The molecule has 0 amide bonds. The molecule has 60 heavy (non-hydrogen) atoms. The number of quaternary nitrogens is 1. The van der Waals surface area contributed by atoms with E-state index >= 15 is 0 Å². The molecule has 11 nitrogen and oxygen atoms in total. The quantitative estimate of drug-likeness (QED) is 0.0152. The van der Waals surface area contributed by atoms with Crippen LogP contribution in [-0.4, -0.2) is 92.5 Å². The molecule has 0 fully saturated rings. The van der Waals surface area contributed by atoms with Crippen molar-refractivity contribution in [1.82, 2.24) is 0 Å². The topological polar surface area (TPSA) is 152 Å². The van der Waals surface area contributed by atoms with Gasteiger partial charge in [-0.2, -0.15) is 0 Å². The predicted octanol–water partition coefficient (Wildman–Crippen LogP) is 10.3. The molecule has 4 atom stereocenters. The molecule has 0 heterocycles. The maximum atomic E-state index is 12.7. The zero-order valence-electron chi connectivity index (χ0n) is 38.1. The Hall–Kier alpha value is -2.63. The lowest BCUT2D eigenvalue weighted by atomic mass is 10.0. The van der Waals surface area contributed by atoms with Gasteiger partial charge in [0.15, 0.2) is 6.10 Å². The van der Waals surface area contributed by atoms with Crippen LogP contribution in [0.2, 0.25) is 0 Å². The van der Waals surface area contributed by atoms with Crippen LogP contribution in [0.4, 0.5) is 0 Å². The number of carbonyl (C=O) groups is 2. The van der Waals surface area contributed by atoms with Gasteiger partial charge in [0.2, 0.25) is 0 Å². The van der Waals surface area contributed by atoms with Crippen LogP contribution in [0, 0.1) is 0 Å². The second-order valence-electron chi connectivity index (χ2n) is 16.4. The molecule has 0 aliphatic carbocycles. The van der Waals surface area contributed by atoms with E-state index in [2.05, 4.69) is 6.92 Å². The largest absolute Gasteiger partial charge is 0.756 e. The summed E-state index contributed by atoms with van der Waals surface area (Å²) >= 11 is 0. The number of hydrogen-bond acceptors (Lipinski definition) is 10. The number of esters is 2. The van der Waals surface area contributed by atoms with E-state index < -0.39 is 44.7 Å². The first-order valence-electron chi connectivity index (χ1n) is 22.9. The van der Waals surface area contributed by atoms with E-state index in [1.807, 2.05) is 64.5 Å². The summed E-state index contributed by atoms with van der Waals surface area (Å²) in [6.07, 6.45) is 41.5. The van der Waals surface area contributed by atoms with Crippen molar-refractivity contribution in [3.8, 4) is 0 Å². The highest BCUT2D eigenvalue weighted by Gasteiger charge is 2.21. The lowest BCUT2D eigenvalue weighted by molar-refractivity contribution is -0.870. The Kier molecular flexibility index (Phi) is 37.5. The summed E-state index contributed by atoms with van der Waals surface area (Å²) < 4.78 is 33.8. The zero-order valence-corrected chi connectivity index (χ0v) is 39.0. The van der Waals surface area contributed by atoms with Gasteiger partial charge in [-0.25, -0.2) is 0 Å². The van der Waals surface area contributed by atoms with E-state index in [-0.39, 0.29) is 26.1 Å². The smallest absolute Gasteiger partial charge is 0.306 e. The number of aliphatic hydroxyl groups is 2. The van der Waals surface area contributed by atoms with Gasteiger partial charge in [-0.3, -0.25) is 14.2 Å². The maximum absolute atomic E-state index is 12.7. The number of aliphatic hydroxyl groups excluding tert-OH is 2. The Morgan fingerprint density at radius 3 is 1.68 bits per heavy atom. The minimum absolute atomic E-state index is 0.0623. The molecule has 0 radical (unpaired) electrons. The normalized spacial score (nSPS) is 15.3. The van der Waals surface area contributed by atoms with Gasteiger partial charge in [0, 0.05) is 12.8 Å². The molecule has 0 aromatic heterocycles. The third-order valence-corrected chi connectivity index (χ3v) is 10.4. The maximum Gasteiger partial charge on any atom is 0.306 e. The number of ether oxygens (including phenoxy) is 2. The summed E-state index contributed by atoms with van der Waals surface area (Å²) in [4.78, 5) is 37.5. The number of likely N-dealkylation sites (N-methyl/N-ethyl adjacent to an activating group) is 1. The highest BCUT2D eigenvalue weighted by atomic mass is 31.2. The molecule has 0 aromatic carbocycles. The van der Waals surface area contributed by atoms with Gasteiger partial charge in [0.05, 0.1) is 40.0 Å². The van der Waals surface area contributed by atoms with Gasteiger partial charge in [-0.1, -0.05) is 177 Å². The highest BCUT2D eigenvalue weighted by molar-refractivity contribution is 7.45. The Balaban J connectivity index is 4.57. The van der Waals surface area contributed by atoms with Crippen molar-refractivity contribution >= 4 is 19.8 Å². The first-order chi connectivity index (χ1) is 28.8. The number of nitrogens with zero attached hydrogens (tertiary/aromatic N) is 1. The number of hydrogen-bond donors (Lipinski definition) is 2. The van der Waals surface area contributed by atoms with Crippen molar-refractivity contribution < 1.29 is 52.3 Å². The average molecular weight is 866 g/mol. The van der Waals surface area contributed by atoms with Crippen LogP contribution in [0.3, 0.4) is 0 Å². The molecule has 346 valence electrons. The molecular weight excluding hydrogens is 781 g/mol. The van der Waals surface area contributed by atoms with Gasteiger partial charge < -0.3 is 38.1 Å². The van der Waals surface area contributed by atoms with Crippen LogP contribution in [0.5, 0.6) is 0 Å². The molecule has 12 heteroatoms. The fraction of sp³-hybridized carbons (Fsp3) is 0.708. The molecule has 0 bridgehead atoms. The Morgan fingerprint density at radius 1 is 0.633 bits per heavy atom. The van der Waals surface area contributed by atoms with Crippen LogP contribution >= 0.6 is 7.82 Å². The van der Waals surface area contributed by atoms with E-state index in [1.54, 1.807) is 36.5 Å². The van der Waals surface area contributed by atoms with Crippen LogP contribution in [0.15, 0.2) is 72.9 Å². The van der Waals surface area contributed by atoms with Crippen molar-refractivity contribution in [2.45, 2.75) is 173 Å². The summed E-state index contributed by atoms with van der Waals surface area (Å²) in [6.45, 7) is 3.83. The molecule has 0 saturated carbocycles. The van der Waals surface area contributed by atoms with Crippen LogP contribution < -0.4 is 4.89 Å². The number of phosphoric acid groups is 1. The number of phosphoric ester groups is 1. The Bertz CT molecular complexity index is 1290. The minimum Gasteiger partial charge on any atom is -0.756 e. The molecule has 2 N–H and O–H groups in total. The fourth-order valence-electron chi connectivity index (χ4n) is 5.80. The van der Waals surface area contributed by atoms with E-state index in [4.69, 9.17) is 18.5 Å². The second-order valence-corrected chi connectivity index (χ2v) is 17.9. The molecule has 0 aromatic rings. The molecule has 1 unspecified atom stereocenters. The summed E-state index contributed by atoms with van der Waals surface area (Å²) in [7, 11) is 1.06. The van der Waals surface area contributed by atoms with Gasteiger partial charge in [0.25, 0.3) is 7.82 Å². The van der Waals surface area contributed by atoms with Crippen LogP contribution in [0.1, 0.15) is 155 Å². The Labute approximate surface area is 364 Å². The number of rotatable bonds is 40. The third kappa shape index (κ3) is 42.1. The molecule has 0 spiro atoms. The monoisotopic (exact) mass is 866 g/mol. The van der Waals surface area contributed by atoms with Gasteiger partial charge in [0.1, 0.15) is 19.8 Å². The first-order valence-corrected chi connectivity index (χ1v) is 24.3. The summed E-state index contributed by atoms with van der Waals surface area (Å²) in [5.74, 6) is -1.00. The summed E-state index contributed by atoms with van der Waals surface area (Å²) in [5, 5.41) is 20.0. The fourth-order valence-corrected chi connectivity index (χ4v) is 6.52. The lowest BCUT2D eigenvalue weighted by Crippen LogP contribution is -2.37. The van der Waals surface area contributed by atoms with E-state index in [0.717, 1.165) is 25.7 Å². The van der Waals surface area contributed by atoms with E-state index in [9.17, 15) is 29.3 Å². The van der Waals surface area contributed by atoms with Crippen molar-refractivity contribution in [1.29, 1.82) is 0 Å². The number of allylic oxidation sites excluding steroid dienone is 8. The molecule has 0 aliphatic heterocycles. The first kappa shape index (κ1) is 57.4. The summed E-state index contributed by atoms with van der Waals surface area (Å²) in [6, 6.07) is 0. The summed E-state index contributed by atoms with van der Waals surface area (Å²) in [5.41, 5.74) is 0. The van der Waals surface area contributed by atoms with Crippen molar-refractivity contribution in [2.24, 2.45) is 0 Å². The highest BCUT2D eigenvalue weighted by Crippen LogP contribution is 2.38. The van der Waals surface area contributed by atoms with Gasteiger partial charge >= 0.3 is 11.9 Å². The number of carbonyl (C=O) groups excluding carboxylic acids is 2. The van der Waals surface area contributed by atoms with Crippen LogP contribution in [0.25, 0.3) is 0 Å². The molecule has 0 aliphatic rings. The third-order valence-electron chi connectivity index (χ3n) is 9.42. The zero-order chi connectivity index (χ0) is 44.6. The van der Waals surface area contributed by atoms with E-state index in [0.29, 0.717) is 43.1 Å². The SMILES string of the molecule is CC/C=C\C[C@@H](O)/C=C/C=C\C=C\[C@@H](O)C/C=C\C/C=C\CCC(=O)OC[C@H](COP(=O)([O-])OCC[N+](C)(C)C)OC(=O)CCCCCCCCCCCCCCCCC. The molecule has 0 saturated heterocycles. The van der Waals surface area contributed by atoms with E-state index in [1.165, 1.54) is 70.6 Å². The predicted molar refractivity (Wildman–Crippen MR) is 243 cm³/mol. The Morgan fingerprint density at radius 2 is 1.15 bits per heavy atom. The van der Waals surface area contributed by atoms with Gasteiger partial charge in [-0.15, -0.1) is 0 Å². The average Bonchev–Trinajstić information content (AvgIpc) is 3.19. The second kappa shape index (κ2) is 39.2. The van der Waals surface area contributed by atoms with Crippen molar-refractivity contribution in [3.05, 3.63) is 72.9 Å². The van der Waals surface area contributed by atoms with Crippen LogP contribution in [-0.2, 0) is 32.7 Å². The van der Waals surface area contributed by atoms with Gasteiger partial charge in [-0.05, 0) is 38.5 Å². The van der Waals surface area contributed by atoms with Crippen molar-refractivity contribution in [2.75, 3.05) is 47.5 Å².